The molecule has 4 rings (SSSR count). The number of rotatable bonds is 7. The fourth-order valence-corrected chi connectivity index (χ4v) is 4.04. The Hall–Kier alpha value is -4.57. The molecule has 3 N–H and O–H groups in total. The van der Waals surface area contributed by atoms with Gasteiger partial charge in [0.2, 0.25) is 0 Å². The molecule has 1 aliphatic rings. The molecule has 1 aliphatic heterocycles. The Labute approximate surface area is 233 Å². The van der Waals surface area contributed by atoms with Crippen LogP contribution in [0.5, 0.6) is 0 Å². The van der Waals surface area contributed by atoms with E-state index in [9.17, 15) is 14.4 Å². The molecule has 0 fully saturated rings. The highest BCUT2D eigenvalue weighted by molar-refractivity contribution is 6.07. The summed E-state index contributed by atoms with van der Waals surface area (Å²) in [5.41, 5.74) is 3.76. The molecular formula is C30H34N6O4. The maximum absolute atomic E-state index is 12.7. The number of carbonyl (C=O) groups is 3. The molecule has 0 unspecified atom stereocenters. The van der Waals surface area contributed by atoms with Crippen molar-refractivity contribution in [1.29, 1.82) is 0 Å². The van der Waals surface area contributed by atoms with Crippen molar-refractivity contribution in [3.63, 3.8) is 0 Å². The monoisotopic (exact) mass is 542 g/mol. The molecular weight excluding hydrogens is 508 g/mol. The zero-order chi connectivity index (χ0) is 28.7. The van der Waals surface area contributed by atoms with Crippen molar-refractivity contribution in [2.45, 2.75) is 39.3 Å². The molecule has 10 heteroatoms. The highest BCUT2D eigenvalue weighted by atomic mass is 16.6. The highest BCUT2D eigenvalue weighted by Gasteiger charge is 2.24. The van der Waals surface area contributed by atoms with E-state index in [1.54, 1.807) is 41.3 Å². The Balaban J connectivity index is 1.30. The first kappa shape index (κ1) is 28.4. The van der Waals surface area contributed by atoms with Crippen LogP contribution in [0.4, 0.5) is 16.3 Å². The molecule has 3 amide bonds. The number of nitrogens with one attached hydrogen (secondary N) is 3. The van der Waals surface area contributed by atoms with E-state index in [0.29, 0.717) is 47.8 Å². The summed E-state index contributed by atoms with van der Waals surface area (Å²) < 4.78 is 5.43. The molecule has 10 nitrogen and oxygen atoms in total. The van der Waals surface area contributed by atoms with Crippen LogP contribution in [0, 0.1) is 0 Å². The van der Waals surface area contributed by atoms with Gasteiger partial charge in [-0.15, -0.1) is 10.2 Å². The van der Waals surface area contributed by atoms with Crippen LogP contribution in [0.2, 0.25) is 0 Å². The van der Waals surface area contributed by atoms with Crippen molar-refractivity contribution in [2.75, 3.05) is 30.8 Å². The Morgan fingerprint density at radius 3 is 2.05 bits per heavy atom. The topological polar surface area (TPSA) is 126 Å². The lowest BCUT2D eigenvalue weighted by atomic mass is 10.0. The van der Waals surface area contributed by atoms with Crippen LogP contribution in [0.1, 0.15) is 59.2 Å². The number of anilines is 2. The van der Waals surface area contributed by atoms with Crippen LogP contribution in [-0.4, -0.2) is 58.7 Å². The summed E-state index contributed by atoms with van der Waals surface area (Å²) in [6, 6.07) is 17.4. The standard InChI is InChI=1S/C30H34N6O4/c1-30(2,3)40-29(39)36-17-15-21(16-18-36)25-13-14-26(35-34-25)33-28(38)23-9-7-22(8-10-23)27(37)32-24-11-5-20(6-12-24)19-31-4/h5-15,31H,16-19H2,1-4H3,(H,32,37)(H,33,35,38). The van der Waals surface area contributed by atoms with Gasteiger partial charge in [0.1, 0.15) is 5.60 Å². The van der Waals surface area contributed by atoms with Gasteiger partial charge in [0.25, 0.3) is 11.8 Å². The third-order valence-corrected chi connectivity index (χ3v) is 6.10. The van der Waals surface area contributed by atoms with Gasteiger partial charge in [0.05, 0.1) is 5.69 Å². The summed E-state index contributed by atoms with van der Waals surface area (Å²) in [4.78, 5) is 39.2. The van der Waals surface area contributed by atoms with Gasteiger partial charge in [0, 0.05) is 36.4 Å². The Morgan fingerprint density at radius 1 is 0.875 bits per heavy atom. The normalized spacial score (nSPS) is 13.3. The third-order valence-electron chi connectivity index (χ3n) is 6.10. The minimum Gasteiger partial charge on any atom is -0.444 e. The summed E-state index contributed by atoms with van der Waals surface area (Å²) >= 11 is 0. The van der Waals surface area contributed by atoms with Gasteiger partial charge in [-0.1, -0.05) is 18.2 Å². The van der Waals surface area contributed by atoms with Crippen molar-refractivity contribution in [3.05, 3.63) is 89.1 Å². The number of hydrogen-bond acceptors (Lipinski definition) is 7. The molecule has 0 radical (unpaired) electrons. The molecule has 40 heavy (non-hydrogen) atoms. The maximum atomic E-state index is 12.7. The number of benzene rings is 2. The lowest BCUT2D eigenvalue weighted by molar-refractivity contribution is 0.0270. The van der Waals surface area contributed by atoms with Crippen LogP contribution in [-0.2, 0) is 11.3 Å². The molecule has 3 aromatic rings. The average molecular weight is 543 g/mol. The van der Waals surface area contributed by atoms with E-state index in [2.05, 4.69) is 26.1 Å². The molecule has 0 aliphatic carbocycles. The molecule has 2 heterocycles. The second kappa shape index (κ2) is 12.5. The minimum absolute atomic E-state index is 0.263. The number of aromatic nitrogens is 2. The summed E-state index contributed by atoms with van der Waals surface area (Å²) in [6.45, 7) is 7.23. The quantitative estimate of drug-likeness (QED) is 0.394. The van der Waals surface area contributed by atoms with Gasteiger partial charge in [-0.3, -0.25) is 9.59 Å². The molecule has 0 spiro atoms. The van der Waals surface area contributed by atoms with Gasteiger partial charge in [-0.05, 0) is 93.9 Å². The fourth-order valence-electron chi connectivity index (χ4n) is 4.04. The van der Waals surface area contributed by atoms with E-state index in [0.717, 1.165) is 17.7 Å². The summed E-state index contributed by atoms with van der Waals surface area (Å²) in [6.07, 6.45) is 2.23. The third kappa shape index (κ3) is 7.73. The van der Waals surface area contributed by atoms with Crippen LogP contribution in [0.15, 0.2) is 66.7 Å². The lowest BCUT2D eigenvalue weighted by Gasteiger charge is -2.29. The van der Waals surface area contributed by atoms with Gasteiger partial charge in [-0.25, -0.2) is 4.79 Å². The highest BCUT2D eigenvalue weighted by Crippen LogP contribution is 2.22. The van der Waals surface area contributed by atoms with E-state index >= 15 is 0 Å². The molecule has 0 bridgehead atoms. The SMILES string of the molecule is CNCc1ccc(NC(=O)c2ccc(C(=O)Nc3ccc(C4=CCN(C(=O)OC(C)(C)C)CC4)nn3)cc2)cc1. The number of carbonyl (C=O) groups excluding carboxylic acids is 3. The summed E-state index contributed by atoms with van der Waals surface area (Å²) in [7, 11) is 1.88. The average Bonchev–Trinajstić information content (AvgIpc) is 2.94. The maximum Gasteiger partial charge on any atom is 0.410 e. The molecule has 208 valence electrons. The van der Waals surface area contributed by atoms with Gasteiger partial charge < -0.3 is 25.6 Å². The van der Waals surface area contributed by atoms with Crippen LogP contribution in [0.25, 0.3) is 5.57 Å². The Morgan fingerprint density at radius 2 is 1.52 bits per heavy atom. The van der Waals surface area contributed by atoms with Gasteiger partial charge >= 0.3 is 6.09 Å². The van der Waals surface area contributed by atoms with E-state index in [1.165, 1.54) is 0 Å². The first-order chi connectivity index (χ1) is 19.1. The van der Waals surface area contributed by atoms with Crippen molar-refractivity contribution in [2.24, 2.45) is 0 Å². The van der Waals surface area contributed by atoms with Gasteiger partial charge in [-0.2, -0.15) is 0 Å². The van der Waals surface area contributed by atoms with Crippen molar-refractivity contribution >= 4 is 35.0 Å². The molecule has 2 aromatic carbocycles. The Kier molecular flexibility index (Phi) is 8.90. The largest absolute Gasteiger partial charge is 0.444 e. The van der Waals surface area contributed by atoms with Crippen LogP contribution >= 0.6 is 0 Å². The summed E-state index contributed by atoms with van der Waals surface area (Å²) in [5, 5.41) is 17.1. The number of ether oxygens (including phenoxy) is 1. The van der Waals surface area contributed by atoms with E-state index < -0.39 is 5.60 Å². The van der Waals surface area contributed by atoms with Crippen molar-refractivity contribution in [1.82, 2.24) is 20.4 Å². The van der Waals surface area contributed by atoms with E-state index in [1.807, 2.05) is 58.2 Å². The zero-order valence-electron chi connectivity index (χ0n) is 23.2. The van der Waals surface area contributed by atoms with E-state index in [4.69, 9.17) is 4.74 Å². The van der Waals surface area contributed by atoms with Crippen LogP contribution < -0.4 is 16.0 Å². The minimum atomic E-state index is -0.539. The van der Waals surface area contributed by atoms with Crippen molar-refractivity contribution in [3.8, 4) is 0 Å². The number of hydrogen-bond donors (Lipinski definition) is 3. The van der Waals surface area contributed by atoms with Crippen molar-refractivity contribution < 1.29 is 19.1 Å². The molecule has 0 saturated carbocycles. The molecule has 0 atom stereocenters. The number of amides is 3. The smallest absolute Gasteiger partial charge is 0.410 e. The van der Waals surface area contributed by atoms with E-state index in [-0.39, 0.29) is 17.9 Å². The number of nitrogens with zero attached hydrogens (tertiary/aromatic N) is 3. The predicted molar refractivity (Wildman–Crippen MR) is 154 cm³/mol. The first-order valence-electron chi connectivity index (χ1n) is 13.1. The zero-order valence-corrected chi connectivity index (χ0v) is 23.2. The predicted octanol–water partition coefficient (Wildman–Crippen LogP) is 4.72. The van der Waals surface area contributed by atoms with Gasteiger partial charge in [0.15, 0.2) is 5.82 Å². The first-order valence-corrected chi connectivity index (χ1v) is 13.1. The Bertz CT molecular complexity index is 1380. The summed E-state index contributed by atoms with van der Waals surface area (Å²) in [5.74, 6) is -0.316. The second-order valence-electron chi connectivity index (χ2n) is 10.4. The molecule has 0 saturated heterocycles. The lowest BCUT2D eigenvalue weighted by Crippen LogP contribution is -2.39. The molecule has 1 aromatic heterocycles. The van der Waals surface area contributed by atoms with Crippen LogP contribution in [0.3, 0.4) is 0 Å². The fraction of sp³-hybridized carbons (Fsp3) is 0.300. The second-order valence-corrected chi connectivity index (χ2v) is 10.4.